The molecule has 9 heteroatoms. The van der Waals surface area contributed by atoms with Crippen molar-refractivity contribution in [2.45, 2.75) is 23.8 Å². The summed E-state index contributed by atoms with van der Waals surface area (Å²) in [7, 11) is -3.75. The van der Waals surface area contributed by atoms with Crippen molar-refractivity contribution in [1.29, 1.82) is 0 Å². The van der Waals surface area contributed by atoms with E-state index < -0.39 is 16.1 Å². The fourth-order valence-electron chi connectivity index (χ4n) is 4.20. The maximum Gasteiger partial charge on any atom is 0.267 e. The molecule has 0 radical (unpaired) electrons. The number of aryl methyl sites for hydroxylation is 1. The lowest BCUT2D eigenvalue weighted by Gasteiger charge is -2.33. The Labute approximate surface area is 181 Å². The monoisotopic (exact) mass is 444 g/mol. The second-order valence-corrected chi connectivity index (χ2v) is 9.64. The van der Waals surface area contributed by atoms with Gasteiger partial charge in [0.25, 0.3) is 15.9 Å². The van der Waals surface area contributed by atoms with Crippen LogP contribution in [0.1, 0.15) is 12.0 Å². The van der Waals surface area contributed by atoms with Gasteiger partial charge in [-0.15, -0.1) is 0 Å². The SMILES string of the molecule is O=C([C@H]1COc2cc(S(=O)(=O)N3CCCc4ccccc43)ccc2O1)N1CCOCC1. The Bertz CT molecular complexity index is 1100. The highest BCUT2D eigenvalue weighted by Crippen LogP contribution is 2.37. The molecule has 3 heterocycles. The number of morpholine rings is 1. The van der Waals surface area contributed by atoms with E-state index >= 15 is 0 Å². The third-order valence-corrected chi connectivity index (χ3v) is 7.64. The molecule has 31 heavy (non-hydrogen) atoms. The summed E-state index contributed by atoms with van der Waals surface area (Å²) in [6.07, 6.45) is 0.885. The molecule has 3 aliphatic rings. The molecular formula is C22H24N2O6S. The predicted octanol–water partition coefficient (Wildman–Crippen LogP) is 1.83. The van der Waals surface area contributed by atoms with Gasteiger partial charge in [-0.2, -0.15) is 0 Å². The Morgan fingerprint density at radius 1 is 1.00 bits per heavy atom. The first-order valence-electron chi connectivity index (χ1n) is 10.4. The summed E-state index contributed by atoms with van der Waals surface area (Å²) < 4.78 is 45.1. The summed E-state index contributed by atoms with van der Waals surface area (Å²) in [4.78, 5) is 14.5. The number of para-hydroxylation sites is 1. The highest BCUT2D eigenvalue weighted by atomic mass is 32.2. The highest BCUT2D eigenvalue weighted by molar-refractivity contribution is 7.92. The van der Waals surface area contributed by atoms with Crippen LogP contribution in [0.25, 0.3) is 0 Å². The van der Waals surface area contributed by atoms with Gasteiger partial charge in [-0.05, 0) is 36.6 Å². The molecule has 0 aromatic heterocycles. The molecule has 3 aliphatic heterocycles. The van der Waals surface area contributed by atoms with Crippen LogP contribution in [0.4, 0.5) is 5.69 Å². The van der Waals surface area contributed by atoms with Gasteiger partial charge in [0.05, 0.1) is 23.8 Å². The molecule has 5 rings (SSSR count). The van der Waals surface area contributed by atoms with Gasteiger partial charge in [0.15, 0.2) is 11.5 Å². The molecule has 1 amide bonds. The summed E-state index contributed by atoms with van der Waals surface area (Å²) in [5.74, 6) is 0.559. The maximum absolute atomic E-state index is 13.4. The van der Waals surface area contributed by atoms with Gasteiger partial charge >= 0.3 is 0 Å². The Morgan fingerprint density at radius 3 is 2.65 bits per heavy atom. The van der Waals surface area contributed by atoms with Crippen molar-refractivity contribution in [3.8, 4) is 11.5 Å². The number of fused-ring (bicyclic) bond motifs is 2. The van der Waals surface area contributed by atoms with Gasteiger partial charge in [-0.3, -0.25) is 9.10 Å². The Balaban J connectivity index is 1.37. The lowest BCUT2D eigenvalue weighted by molar-refractivity contribution is -0.145. The van der Waals surface area contributed by atoms with Crippen molar-refractivity contribution in [2.24, 2.45) is 0 Å². The average Bonchev–Trinajstić information content (AvgIpc) is 2.83. The molecule has 0 unspecified atom stereocenters. The second kappa shape index (κ2) is 8.05. The van der Waals surface area contributed by atoms with E-state index in [1.54, 1.807) is 11.0 Å². The van der Waals surface area contributed by atoms with Gasteiger partial charge < -0.3 is 19.1 Å². The number of nitrogens with zero attached hydrogens (tertiary/aromatic N) is 2. The van der Waals surface area contributed by atoms with Crippen LogP contribution in [0.2, 0.25) is 0 Å². The zero-order chi connectivity index (χ0) is 21.4. The quantitative estimate of drug-likeness (QED) is 0.718. The van der Waals surface area contributed by atoms with Crippen LogP contribution in [0.3, 0.4) is 0 Å². The first kappa shape index (κ1) is 20.1. The van der Waals surface area contributed by atoms with Crippen LogP contribution in [-0.4, -0.2) is 64.8 Å². The fraction of sp³-hybridized carbons (Fsp3) is 0.409. The van der Waals surface area contributed by atoms with E-state index in [0.29, 0.717) is 44.3 Å². The molecule has 0 aliphatic carbocycles. The van der Waals surface area contributed by atoms with Crippen molar-refractivity contribution in [3.63, 3.8) is 0 Å². The number of ether oxygens (including phenoxy) is 3. The molecular weight excluding hydrogens is 420 g/mol. The number of carbonyl (C=O) groups is 1. The fourth-order valence-corrected chi connectivity index (χ4v) is 5.75. The summed E-state index contributed by atoms with van der Waals surface area (Å²) in [6, 6.07) is 12.1. The molecule has 2 aromatic rings. The van der Waals surface area contributed by atoms with Crippen LogP contribution in [-0.2, 0) is 26.0 Å². The molecule has 0 N–H and O–H groups in total. The lowest BCUT2D eigenvalue weighted by Crippen LogP contribution is -2.50. The molecule has 0 bridgehead atoms. The van der Waals surface area contributed by atoms with Gasteiger partial charge in [-0.25, -0.2) is 8.42 Å². The Kier molecular flexibility index (Phi) is 5.23. The second-order valence-electron chi connectivity index (χ2n) is 7.77. The van der Waals surface area contributed by atoms with Gasteiger partial charge in [0.2, 0.25) is 6.10 Å². The summed E-state index contributed by atoms with van der Waals surface area (Å²) in [5.41, 5.74) is 1.75. The van der Waals surface area contributed by atoms with E-state index in [0.717, 1.165) is 24.1 Å². The number of hydrogen-bond donors (Lipinski definition) is 0. The summed E-state index contributed by atoms with van der Waals surface area (Å²) >= 11 is 0. The minimum Gasteiger partial charge on any atom is -0.485 e. The van der Waals surface area contributed by atoms with E-state index in [-0.39, 0.29) is 17.4 Å². The number of rotatable bonds is 3. The van der Waals surface area contributed by atoms with Crippen molar-refractivity contribution >= 4 is 21.6 Å². The van der Waals surface area contributed by atoms with E-state index in [2.05, 4.69) is 0 Å². The maximum atomic E-state index is 13.4. The van der Waals surface area contributed by atoms with Crippen LogP contribution in [0, 0.1) is 0 Å². The molecule has 8 nitrogen and oxygen atoms in total. The van der Waals surface area contributed by atoms with Gasteiger partial charge in [0.1, 0.15) is 6.61 Å². The zero-order valence-electron chi connectivity index (χ0n) is 17.0. The topological polar surface area (TPSA) is 85.4 Å². The van der Waals surface area contributed by atoms with Crippen LogP contribution in [0.5, 0.6) is 11.5 Å². The number of sulfonamides is 1. The Morgan fingerprint density at radius 2 is 1.81 bits per heavy atom. The Hall–Kier alpha value is -2.78. The molecule has 0 spiro atoms. The number of anilines is 1. The molecule has 1 atom stereocenters. The lowest BCUT2D eigenvalue weighted by atomic mass is 10.0. The van der Waals surface area contributed by atoms with E-state index in [1.165, 1.54) is 16.4 Å². The highest BCUT2D eigenvalue weighted by Gasteiger charge is 2.34. The largest absolute Gasteiger partial charge is 0.485 e. The summed E-state index contributed by atoms with van der Waals surface area (Å²) in [6.45, 7) is 2.55. The number of hydrogen-bond acceptors (Lipinski definition) is 6. The summed E-state index contributed by atoms with van der Waals surface area (Å²) in [5, 5.41) is 0. The van der Waals surface area contributed by atoms with E-state index in [9.17, 15) is 13.2 Å². The minimum atomic E-state index is -3.75. The van der Waals surface area contributed by atoms with E-state index in [1.807, 2.05) is 24.3 Å². The smallest absolute Gasteiger partial charge is 0.267 e. The third kappa shape index (κ3) is 3.72. The minimum absolute atomic E-state index is 0.0409. The van der Waals surface area contributed by atoms with E-state index in [4.69, 9.17) is 14.2 Å². The number of amides is 1. The van der Waals surface area contributed by atoms with Crippen molar-refractivity contribution in [1.82, 2.24) is 4.90 Å². The number of benzene rings is 2. The predicted molar refractivity (Wildman–Crippen MR) is 113 cm³/mol. The van der Waals surface area contributed by atoms with Crippen molar-refractivity contribution in [3.05, 3.63) is 48.0 Å². The van der Waals surface area contributed by atoms with Crippen LogP contribution >= 0.6 is 0 Å². The molecule has 1 saturated heterocycles. The van der Waals surface area contributed by atoms with Gasteiger partial charge in [0, 0.05) is 25.7 Å². The zero-order valence-corrected chi connectivity index (χ0v) is 17.8. The number of carbonyl (C=O) groups excluding carboxylic acids is 1. The first-order chi connectivity index (χ1) is 15.0. The normalized spacial score (nSPS) is 20.8. The van der Waals surface area contributed by atoms with Crippen LogP contribution < -0.4 is 13.8 Å². The van der Waals surface area contributed by atoms with Gasteiger partial charge in [-0.1, -0.05) is 18.2 Å². The molecule has 164 valence electrons. The van der Waals surface area contributed by atoms with Crippen LogP contribution in [0.15, 0.2) is 47.4 Å². The average molecular weight is 445 g/mol. The molecule has 2 aromatic carbocycles. The third-order valence-electron chi connectivity index (χ3n) is 5.83. The molecule has 0 saturated carbocycles. The van der Waals surface area contributed by atoms with Crippen molar-refractivity contribution in [2.75, 3.05) is 43.8 Å². The first-order valence-corrected chi connectivity index (χ1v) is 11.9. The standard InChI is InChI=1S/C22H24N2O6S/c25-22(23-10-12-28-13-11-23)21-15-29-20-14-17(7-8-19(20)30-21)31(26,27)24-9-3-5-16-4-1-2-6-18(16)24/h1-2,4,6-8,14,21H,3,5,9-13,15H2/t21-/m1/s1. The molecule has 1 fully saturated rings. The van der Waals surface area contributed by atoms with Crippen molar-refractivity contribution < 1.29 is 27.4 Å².